The van der Waals surface area contributed by atoms with Gasteiger partial charge in [0.25, 0.3) is 5.91 Å². The van der Waals surface area contributed by atoms with Crippen LogP contribution in [0, 0.1) is 0 Å². The molecule has 0 spiro atoms. The van der Waals surface area contributed by atoms with E-state index < -0.39 is 0 Å². The lowest BCUT2D eigenvalue weighted by Crippen LogP contribution is -2.55. The fourth-order valence-electron chi connectivity index (χ4n) is 2.44. The van der Waals surface area contributed by atoms with Gasteiger partial charge in [-0.15, -0.1) is 0 Å². The van der Waals surface area contributed by atoms with E-state index in [2.05, 4.69) is 10.2 Å². The van der Waals surface area contributed by atoms with Crippen molar-refractivity contribution in [1.82, 2.24) is 15.1 Å². The standard InChI is InChI=1S/C15H23N3O3/c1-3-5-16-14(19)12(2)17-6-8-18(9-7-17)15(20)13-4-10-21-11-13/h4,10-12H,3,5-9H2,1-2H3,(H,16,19). The Hall–Kier alpha value is -1.82. The number of nitrogens with zero attached hydrogens (tertiary/aromatic N) is 2. The summed E-state index contributed by atoms with van der Waals surface area (Å²) in [6.45, 7) is 7.35. The van der Waals surface area contributed by atoms with Crippen LogP contribution in [0.5, 0.6) is 0 Å². The monoisotopic (exact) mass is 293 g/mol. The number of carbonyl (C=O) groups is 2. The highest BCUT2D eigenvalue weighted by Gasteiger charge is 2.27. The normalized spacial score (nSPS) is 17.5. The second-order valence-electron chi connectivity index (χ2n) is 5.31. The fourth-order valence-corrected chi connectivity index (χ4v) is 2.44. The molecule has 6 heteroatoms. The van der Waals surface area contributed by atoms with E-state index in [1.807, 2.05) is 13.8 Å². The van der Waals surface area contributed by atoms with Crippen LogP contribution in [0.25, 0.3) is 0 Å². The van der Waals surface area contributed by atoms with Gasteiger partial charge in [-0.1, -0.05) is 6.92 Å². The highest BCUT2D eigenvalue weighted by Crippen LogP contribution is 2.11. The van der Waals surface area contributed by atoms with Crippen molar-refractivity contribution in [2.24, 2.45) is 0 Å². The molecule has 116 valence electrons. The smallest absolute Gasteiger partial charge is 0.257 e. The largest absolute Gasteiger partial charge is 0.472 e. The number of nitrogens with one attached hydrogen (secondary N) is 1. The van der Waals surface area contributed by atoms with Gasteiger partial charge in [-0.3, -0.25) is 14.5 Å². The zero-order valence-corrected chi connectivity index (χ0v) is 12.7. The minimum atomic E-state index is -0.150. The first kappa shape index (κ1) is 15.6. The van der Waals surface area contributed by atoms with E-state index in [0.29, 0.717) is 38.3 Å². The molecule has 1 atom stereocenters. The van der Waals surface area contributed by atoms with Crippen LogP contribution in [0.1, 0.15) is 30.6 Å². The van der Waals surface area contributed by atoms with E-state index >= 15 is 0 Å². The average Bonchev–Trinajstić information content (AvgIpc) is 3.05. The van der Waals surface area contributed by atoms with Crippen LogP contribution in [0.3, 0.4) is 0 Å². The highest BCUT2D eigenvalue weighted by molar-refractivity contribution is 5.93. The van der Waals surface area contributed by atoms with Crippen LogP contribution in [0.15, 0.2) is 23.0 Å². The number of furan rings is 1. The third kappa shape index (κ3) is 3.85. The van der Waals surface area contributed by atoms with Gasteiger partial charge in [-0.25, -0.2) is 0 Å². The van der Waals surface area contributed by atoms with Crippen molar-refractivity contribution in [2.45, 2.75) is 26.3 Å². The Bertz CT molecular complexity index is 465. The molecule has 1 aromatic heterocycles. The van der Waals surface area contributed by atoms with Crippen molar-refractivity contribution < 1.29 is 14.0 Å². The van der Waals surface area contributed by atoms with Crippen molar-refractivity contribution in [1.29, 1.82) is 0 Å². The molecule has 1 aliphatic rings. The molecule has 1 N–H and O–H groups in total. The first-order valence-corrected chi connectivity index (χ1v) is 7.46. The highest BCUT2D eigenvalue weighted by atomic mass is 16.3. The maximum atomic E-state index is 12.2. The van der Waals surface area contributed by atoms with E-state index in [9.17, 15) is 9.59 Å². The number of hydrogen-bond donors (Lipinski definition) is 1. The number of rotatable bonds is 5. The van der Waals surface area contributed by atoms with Gasteiger partial charge in [-0.2, -0.15) is 0 Å². The third-order valence-corrected chi connectivity index (χ3v) is 3.85. The van der Waals surface area contributed by atoms with Gasteiger partial charge in [0.05, 0.1) is 17.9 Å². The topological polar surface area (TPSA) is 65.8 Å². The molecule has 2 heterocycles. The van der Waals surface area contributed by atoms with Gasteiger partial charge in [0.2, 0.25) is 5.91 Å². The summed E-state index contributed by atoms with van der Waals surface area (Å²) in [4.78, 5) is 28.1. The molecule has 1 aliphatic heterocycles. The summed E-state index contributed by atoms with van der Waals surface area (Å²) in [5.41, 5.74) is 0.581. The van der Waals surface area contributed by atoms with Crippen LogP contribution in [0.2, 0.25) is 0 Å². The molecule has 0 bridgehead atoms. The first-order valence-electron chi connectivity index (χ1n) is 7.46. The second-order valence-corrected chi connectivity index (χ2v) is 5.31. The zero-order valence-electron chi connectivity index (χ0n) is 12.7. The molecule has 0 aliphatic carbocycles. The van der Waals surface area contributed by atoms with Crippen molar-refractivity contribution >= 4 is 11.8 Å². The molecule has 1 saturated heterocycles. The minimum absolute atomic E-state index is 0.00788. The molecule has 1 aromatic rings. The summed E-state index contributed by atoms with van der Waals surface area (Å²) in [6.07, 6.45) is 3.91. The molecule has 2 rings (SSSR count). The minimum Gasteiger partial charge on any atom is -0.472 e. The quantitative estimate of drug-likeness (QED) is 0.878. The zero-order chi connectivity index (χ0) is 15.2. The summed E-state index contributed by atoms with van der Waals surface area (Å²) in [5, 5.41) is 2.91. The maximum Gasteiger partial charge on any atom is 0.257 e. The van der Waals surface area contributed by atoms with Crippen molar-refractivity contribution in [2.75, 3.05) is 32.7 Å². The summed E-state index contributed by atoms with van der Waals surface area (Å²) in [5.74, 6) is 0.0537. The van der Waals surface area contributed by atoms with Crippen LogP contribution in [-0.2, 0) is 4.79 Å². The van der Waals surface area contributed by atoms with Crippen molar-refractivity contribution in [3.8, 4) is 0 Å². The molecule has 6 nitrogen and oxygen atoms in total. The molecule has 1 unspecified atom stereocenters. The first-order chi connectivity index (χ1) is 10.1. The lowest BCUT2D eigenvalue weighted by Gasteiger charge is -2.37. The van der Waals surface area contributed by atoms with Gasteiger partial charge in [-0.05, 0) is 19.4 Å². The van der Waals surface area contributed by atoms with Gasteiger partial charge >= 0.3 is 0 Å². The lowest BCUT2D eigenvalue weighted by atomic mass is 10.2. The lowest BCUT2D eigenvalue weighted by molar-refractivity contribution is -0.126. The Morgan fingerprint density at radius 1 is 1.33 bits per heavy atom. The van der Waals surface area contributed by atoms with Gasteiger partial charge < -0.3 is 14.6 Å². The number of piperazine rings is 1. The number of amides is 2. The van der Waals surface area contributed by atoms with Crippen LogP contribution in [0.4, 0.5) is 0 Å². The Labute approximate surface area is 125 Å². The fraction of sp³-hybridized carbons (Fsp3) is 0.600. The average molecular weight is 293 g/mol. The summed E-state index contributed by atoms with van der Waals surface area (Å²) < 4.78 is 4.94. The maximum absolute atomic E-state index is 12.2. The number of carbonyl (C=O) groups excluding carboxylic acids is 2. The Morgan fingerprint density at radius 2 is 2.05 bits per heavy atom. The second kappa shape index (κ2) is 7.26. The van der Waals surface area contributed by atoms with Gasteiger partial charge in [0.15, 0.2) is 0 Å². The van der Waals surface area contributed by atoms with Gasteiger partial charge in [0.1, 0.15) is 6.26 Å². The third-order valence-electron chi connectivity index (χ3n) is 3.85. The molecule has 1 fully saturated rings. The van der Waals surface area contributed by atoms with Crippen LogP contribution >= 0.6 is 0 Å². The van der Waals surface area contributed by atoms with Crippen molar-refractivity contribution in [3.63, 3.8) is 0 Å². The predicted octanol–water partition coefficient (Wildman–Crippen LogP) is 0.952. The van der Waals surface area contributed by atoms with Crippen LogP contribution in [-0.4, -0.2) is 60.4 Å². The van der Waals surface area contributed by atoms with E-state index in [4.69, 9.17) is 4.42 Å². The number of hydrogen-bond acceptors (Lipinski definition) is 4. The van der Waals surface area contributed by atoms with E-state index in [1.54, 1.807) is 11.0 Å². The van der Waals surface area contributed by atoms with Crippen molar-refractivity contribution in [3.05, 3.63) is 24.2 Å². The van der Waals surface area contributed by atoms with Crippen LogP contribution < -0.4 is 5.32 Å². The summed E-state index contributed by atoms with van der Waals surface area (Å²) in [7, 11) is 0. The Kier molecular flexibility index (Phi) is 5.38. The predicted molar refractivity (Wildman–Crippen MR) is 78.9 cm³/mol. The molecule has 0 radical (unpaired) electrons. The summed E-state index contributed by atoms with van der Waals surface area (Å²) >= 11 is 0. The van der Waals surface area contributed by atoms with E-state index in [0.717, 1.165) is 6.42 Å². The van der Waals surface area contributed by atoms with Gasteiger partial charge in [0, 0.05) is 32.7 Å². The molecule has 0 aromatic carbocycles. The Balaban J connectivity index is 1.82. The molecule has 0 saturated carbocycles. The molecule has 21 heavy (non-hydrogen) atoms. The SMILES string of the molecule is CCCNC(=O)C(C)N1CCN(C(=O)c2ccoc2)CC1. The molecular formula is C15H23N3O3. The Morgan fingerprint density at radius 3 is 2.62 bits per heavy atom. The molecule has 2 amide bonds. The molecular weight excluding hydrogens is 270 g/mol. The summed E-state index contributed by atoms with van der Waals surface area (Å²) in [6, 6.07) is 1.53. The van der Waals surface area contributed by atoms with E-state index in [1.165, 1.54) is 12.5 Å². The van der Waals surface area contributed by atoms with E-state index in [-0.39, 0.29) is 17.9 Å².